The van der Waals surface area contributed by atoms with Gasteiger partial charge >= 0.3 is 0 Å². The second-order valence-electron chi connectivity index (χ2n) is 9.95. The predicted molar refractivity (Wildman–Crippen MR) is 141 cm³/mol. The number of imidazole rings is 1. The van der Waals surface area contributed by atoms with E-state index in [1.54, 1.807) is 31.3 Å². The third kappa shape index (κ3) is 4.75. The highest BCUT2D eigenvalue weighted by molar-refractivity contribution is 6.32. The predicted octanol–water partition coefficient (Wildman–Crippen LogP) is 3.79. The topological polar surface area (TPSA) is 95.3 Å². The van der Waals surface area contributed by atoms with Crippen LogP contribution in [-0.4, -0.2) is 52.5 Å². The molecule has 3 N–H and O–H groups in total. The van der Waals surface area contributed by atoms with E-state index in [1.165, 1.54) is 23.2 Å². The number of nitrogens with zero attached hydrogens (tertiary/aromatic N) is 5. The molecule has 5 rings (SSSR count). The molecule has 0 saturated carbocycles. The average molecular weight is 504 g/mol. The second-order valence-corrected chi connectivity index (χ2v) is 9.95. The van der Waals surface area contributed by atoms with Gasteiger partial charge in [0.1, 0.15) is 5.52 Å². The molecule has 9 heteroatoms. The highest BCUT2D eigenvalue weighted by Gasteiger charge is 2.31. The van der Waals surface area contributed by atoms with E-state index in [0.717, 1.165) is 39.0 Å². The van der Waals surface area contributed by atoms with Gasteiger partial charge in [-0.2, -0.15) is 5.26 Å². The maximum Gasteiger partial charge on any atom is 0.185 e. The van der Waals surface area contributed by atoms with Crippen LogP contribution >= 0.6 is 0 Å². The first-order valence-electron chi connectivity index (χ1n) is 12.7. The maximum absolute atomic E-state index is 15.5. The first-order valence-corrected chi connectivity index (χ1v) is 12.7. The van der Waals surface area contributed by atoms with Gasteiger partial charge in [-0.05, 0) is 62.9 Å². The van der Waals surface area contributed by atoms with Gasteiger partial charge in [0.25, 0.3) is 0 Å². The van der Waals surface area contributed by atoms with Crippen molar-refractivity contribution in [3.05, 3.63) is 71.2 Å². The van der Waals surface area contributed by atoms with Crippen molar-refractivity contribution < 1.29 is 8.78 Å². The van der Waals surface area contributed by atoms with Gasteiger partial charge in [-0.1, -0.05) is 12.1 Å². The molecule has 3 unspecified atom stereocenters. The molecular formula is C28H31F2N7. The molecule has 2 aliphatic heterocycles. The first-order chi connectivity index (χ1) is 17.9. The lowest BCUT2D eigenvalue weighted by Gasteiger charge is -2.26. The van der Waals surface area contributed by atoms with Crippen molar-refractivity contribution in [1.82, 2.24) is 19.8 Å². The standard InChI is InChI=1S/C28H31F2N7/c1-17(37-9-7-20-14-33-15-21(20)8-10-37)35-27(19-5-3-18(12-31)4-6-19)23(13-32)22-11-24-28(26(30)25(22)29)36(2)16-34-24/h3-6,11,13,16-17,20-21,33H,7-10,14-15,32H2,1-2H3/b23-13-,35-27-. The number of allylic oxidation sites excluding steroid dienone is 1. The summed E-state index contributed by atoms with van der Waals surface area (Å²) >= 11 is 0. The molecule has 3 atom stereocenters. The Hall–Kier alpha value is -3.61. The number of aryl methyl sites for hydroxylation is 1. The molecule has 0 spiro atoms. The molecule has 37 heavy (non-hydrogen) atoms. The average Bonchev–Trinajstić information content (AvgIpc) is 3.46. The largest absolute Gasteiger partial charge is 0.404 e. The molecule has 0 amide bonds. The van der Waals surface area contributed by atoms with Crippen LogP contribution in [-0.2, 0) is 7.05 Å². The summed E-state index contributed by atoms with van der Waals surface area (Å²) in [6, 6.07) is 10.5. The quantitative estimate of drug-likeness (QED) is 0.517. The van der Waals surface area contributed by atoms with Crippen LogP contribution in [0.15, 0.2) is 47.9 Å². The Morgan fingerprint density at radius 2 is 1.86 bits per heavy atom. The molecule has 0 aliphatic carbocycles. The van der Waals surface area contributed by atoms with Gasteiger partial charge in [-0.25, -0.2) is 13.8 Å². The normalized spacial score (nSPS) is 22.0. The minimum absolute atomic E-state index is 0.00187. The van der Waals surface area contributed by atoms with E-state index in [2.05, 4.69) is 21.3 Å². The number of fused-ring (bicyclic) bond motifs is 2. The summed E-state index contributed by atoms with van der Waals surface area (Å²) in [6.45, 7) is 5.98. The Balaban J connectivity index is 1.57. The van der Waals surface area contributed by atoms with Crippen molar-refractivity contribution in [1.29, 1.82) is 5.26 Å². The molecule has 0 bridgehead atoms. The Bertz CT molecular complexity index is 1390. The molecule has 3 aromatic rings. The van der Waals surface area contributed by atoms with Crippen molar-refractivity contribution in [2.45, 2.75) is 25.9 Å². The third-order valence-corrected chi connectivity index (χ3v) is 7.78. The van der Waals surface area contributed by atoms with Crippen LogP contribution in [0.4, 0.5) is 8.78 Å². The number of hydrogen-bond acceptors (Lipinski definition) is 6. The molecule has 2 fully saturated rings. The van der Waals surface area contributed by atoms with E-state index < -0.39 is 11.6 Å². The van der Waals surface area contributed by atoms with E-state index in [4.69, 9.17) is 10.7 Å². The summed E-state index contributed by atoms with van der Waals surface area (Å²) < 4.78 is 32.1. The number of hydrogen-bond donors (Lipinski definition) is 2. The van der Waals surface area contributed by atoms with Gasteiger partial charge < -0.3 is 15.6 Å². The Morgan fingerprint density at radius 1 is 1.19 bits per heavy atom. The number of aliphatic imine (C=N–C) groups is 1. The molecule has 1 aromatic heterocycles. The number of halogens is 2. The Labute approximate surface area is 215 Å². The van der Waals surface area contributed by atoms with Crippen molar-refractivity contribution in [3.8, 4) is 6.07 Å². The van der Waals surface area contributed by atoms with Crippen LogP contribution in [0.3, 0.4) is 0 Å². The number of aromatic nitrogens is 2. The minimum Gasteiger partial charge on any atom is -0.404 e. The summed E-state index contributed by atoms with van der Waals surface area (Å²) in [5.41, 5.74) is 8.37. The molecule has 2 aliphatic rings. The first kappa shape index (κ1) is 25.1. The lowest BCUT2D eigenvalue weighted by atomic mass is 9.92. The van der Waals surface area contributed by atoms with Crippen LogP contribution < -0.4 is 11.1 Å². The smallest absolute Gasteiger partial charge is 0.185 e. The SMILES string of the molecule is CC(/N=C(\C(=C/N)c1cc2ncn(C)c2c(F)c1F)c1ccc(C#N)cc1)N1CCC2CNCC2CC1. The third-order valence-electron chi connectivity index (χ3n) is 7.78. The van der Waals surface area contributed by atoms with Crippen LogP contribution in [0.1, 0.15) is 36.5 Å². The molecule has 7 nitrogen and oxygen atoms in total. The van der Waals surface area contributed by atoms with Crippen LogP contribution in [0.25, 0.3) is 16.6 Å². The fourth-order valence-electron chi connectivity index (χ4n) is 5.62. The zero-order chi connectivity index (χ0) is 26.1. The summed E-state index contributed by atoms with van der Waals surface area (Å²) in [4.78, 5) is 11.6. The summed E-state index contributed by atoms with van der Waals surface area (Å²) in [7, 11) is 1.62. The van der Waals surface area contributed by atoms with Gasteiger partial charge in [0.15, 0.2) is 11.6 Å². The van der Waals surface area contributed by atoms with E-state index in [9.17, 15) is 5.26 Å². The number of nitriles is 1. The highest BCUT2D eigenvalue weighted by Crippen LogP contribution is 2.31. The second kappa shape index (κ2) is 10.4. The summed E-state index contributed by atoms with van der Waals surface area (Å²) in [6.07, 6.45) is 4.71. The molecule has 2 saturated heterocycles. The van der Waals surface area contributed by atoms with E-state index in [0.29, 0.717) is 34.2 Å². The van der Waals surface area contributed by atoms with Gasteiger partial charge in [-0.15, -0.1) is 0 Å². The van der Waals surface area contributed by atoms with Crippen LogP contribution in [0.5, 0.6) is 0 Å². The van der Waals surface area contributed by atoms with Gasteiger partial charge in [-0.3, -0.25) is 9.89 Å². The number of benzene rings is 2. The summed E-state index contributed by atoms with van der Waals surface area (Å²) in [5, 5.41) is 12.8. The van der Waals surface area contributed by atoms with Gasteiger partial charge in [0.05, 0.1) is 35.4 Å². The lowest BCUT2D eigenvalue weighted by molar-refractivity contribution is 0.218. The molecule has 192 valence electrons. The van der Waals surface area contributed by atoms with E-state index >= 15 is 8.78 Å². The van der Waals surface area contributed by atoms with Crippen LogP contribution in [0, 0.1) is 34.8 Å². The Kier molecular flexibility index (Phi) is 7.04. The lowest BCUT2D eigenvalue weighted by Crippen LogP contribution is -2.34. The molecule has 2 aromatic carbocycles. The zero-order valence-corrected chi connectivity index (χ0v) is 21.1. The minimum atomic E-state index is -1.00. The monoisotopic (exact) mass is 503 g/mol. The van der Waals surface area contributed by atoms with Gasteiger partial charge in [0.2, 0.25) is 0 Å². The fourth-order valence-corrected chi connectivity index (χ4v) is 5.62. The fraction of sp³-hybridized carbons (Fsp3) is 0.393. The van der Waals surface area contributed by atoms with Crippen LogP contribution in [0.2, 0.25) is 0 Å². The molecular weight excluding hydrogens is 472 g/mol. The van der Waals surface area contributed by atoms with E-state index in [1.807, 2.05) is 6.92 Å². The van der Waals surface area contributed by atoms with Crippen molar-refractivity contribution in [2.75, 3.05) is 26.2 Å². The van der Waals surface area contributed by atoms with Crippen molar-refractivity contribution in [2.24, 2.45) is 29.6 Å². The summed E-state index contributed by atoms with van der Waals surface area (Å²) in [5.74, 6) is -0.620. The molecule has 3 heterocycles. The number of nitrogens with two attached hydrogens (primary N) is 1. The number of likely N-dealkylation sites (tertiary alicyclic amines) is 1. The molecule has 0 radical (unpaired) electrons. The zero-order valence-electron chi connectivity index (χ0n) is 21.1. The van der Waals surface area contributed by atoms with Gasteiger partial charge in [0, 0.05) is 43.0 Å². The van der Waals surface area contributed by atoms with E-state index in [-0.39, 0.29) is 22.8 Å². The van der Waals surface area contributed by atoms with Crippen molar-refractivity contribution in [3.63, 3.8) is 0 Å². The maximum atomic E-state index is 15.5. The number of rotatable bonds is 5. The Morgan fingerprint density at radius 3 is 2.49 bits per heavy atom. The number of nitrogens with one attached hydrogen (secondary N) is 1. The highest BCUT2D eigenvalue weighted by atomic mass is 19.2. The van der Waals surface area contributed by atoms with Crippen molar-refractivity contribution >= 4 is 22.3 Å².